The van der Waals surface area contributed by atoms with Crippen LogP contribution < -0.4 is 0 Å². The van der Waals surface area contributed by atoms with Crippen LogP contribution in [0, 0.1) is 5.92 Å². The predicted molar refractivity (Wildman–Crippen MR) is 134 cm³/mol. The zero-order valence-electron chi connectivity index (χ0n) is 19.6. The van der Waals surface area contributed by atoms with E-state index in [4.69, 9.17) is 4.74 Å². The summed E-state index contributed by atoms with van der Waals surface area (Å²) in [5.74, 6) is 1.63. The monoisotopic (exact) mass is 416 g/mol. The van der Waals surface area contributed by atoms with Crippen molar-refractivity contribution in [2.75, 3.05) is 6.61 Å². The van der Waals surface area contributed by atoms with E-state index in [1.807, 2.05) is 19.1 Å². The Morgan fingerprint density at radius 1 is 0.806 bits per heavy atom. The molecule has 2 aromatic carbocycles. The molecule has 31 heavy (non-hydrogen) atoms. The van der Waals surface area contributed by atoms with Gasteiger partial charge in [-0.05, 0) is 92.4 Å². The van der Waals surface area contributed by atoms with Crippen molar-refractivity contribution in [1.29, 1.82) is 0 Å². The Balaban J connectivity index is 1.38. The molecule has 0 radical (unpaired) electrons. The van der Waals surface area contributed by atoms with E-state index in [0.717, 1.165) is 24.7 Å². The highest BCUT2D eigenvalue weighted by Crippen LogP contribution is 2.37. The molecule has 0 spiro atoms. The fourth-order valence-corrected chi connectivity index (χ4v) is 4.61. The first-order valence-electron chi connectivity index (χ1n) is 12.3. The van der Waals surface area contributed by atoms with Gasteiger partial charge in [-0.25, -0.2) is 0 Å². The molecular formula is C30H40O. The Hall–Kier alpha value is -2.12. The van der Waals surface area contributed by atoms with Crippen molar-refractivity contribution >= 4 is 0 Å². The van der Waals surface area contributed by atoms with Crippen LogP contribution in [-0.4, -0.2) is 6.61 Å². The summed E-state index contributed by atoms with van der Waals surface area (Å²) >= 11 is 0. The highest BCUT2D eigenvalue weighted by atomic mass is 16.5. The Labute approximate surface area is 190 Å². The highest BCUT2D eigenvalue weighted by Gasteiger charge is 2.22. The molecule has 0 bridgehead atoms. The summed E-state index contributed by atoms with van der Waals surface area (Å²) in [6.07, 6.45) is 18.8. The van der Waals surface area contributed by atoms with Crippen LogP contribution in [-0.2, 0) is 24.2 Å². The minimum atomic E-state index is 0.697. The standard InChI is InChI=1S/C30H40O/c1-3-5-7-8-25-9-11-26(12-10-25)13-14-27-15-19-29(20-16-27)30-21-17-28(18-22-30)24-31-23-6-4-2/h4-7,9-12,17-18,21-22,27,29H,3,8,13-16,19-20,23-24H2,1-2H3/b6-4+,7-5+/t27-,29-. The van der Waals surface area contributed by atoms with E-state index in [0.29, 0.717) is 13.2 Å². The molecule has 0 unspecified atom stereocenters. The maximum Gasteiger partial charge on any atom is 0.0721 e. The first-order valence-corrected chi connectivity index (χ1v) is 12.3. The van der Waals surface area contributed by atoms with Gasteiger partial charge < -0.3 is 4.74 Å². The molecule has 1 heteroatoms. The normalized spacial score (nSPS) is 19.4. The summed E-state index contributed by atoms with van der Waals surface area (Å²) in [4.78, 5) is 0. The number of benzene rings is 2. The van der Waals surface area contributed by atoms with Gasteiger partial charge in [-0.3, -0.25) is 0 Å². The number of hydrogen-bond acceptors (Lipinski definition) is 1. The Kier molecular flexibility index (Phi) is 10.1. The lowest BCUT2D eigenvalue weighted by Gasteiger charge is -2.29. The molecule has 2 aromatic rings. The van der Waals surface area contributed by atoms with Gasteiger partial charge in [0, 0.05) is 0 Å². The van der Waals surface area contributed by atoms with Crippen molar-refractivity contribution in [2.45, 2.75) is 77.7 Å². The third kappa shape index (κ3) is 8.15. The number of rotatable bonds is 11. The van der Waals surface area contributed by atoms with Gasteiger partial charge in [0.1, 0.15) is 0 Å². The lowest BCUT2D eigenvalue weighted by Crippen LogP contribution is -2.14. The van der Waals surface area contributed by atoms with E-state index in [-0.39, 0.29) is 0 Å². The van der Waals surface area contributed by atoms with Gasteiger partial charge >= 0.3 is 0 Å². The van der Waals surface area contributed by atoms with Crippen molar-refractivity contribution in [1.82, 2.24) is 0 Å². The summed E-state index contributed by atoms with van der Waals surface area (Å²) in [6, 6.07) is 18.4. The zero-order valence-corrected chi connectivity index (χ0v) is 19.6. The van der Waals surface area contributed by atoms with Crippen LogP contribution in [0.4, 0.5) is 0 Å². The fourth-order valence-electron chi connectivity index (χ4n) is 4.61. The lowest BCUT2D eigenvalue weighted by atomic mass is 9.77. The molecule has 1 aliphatic rings. The van der Waals surface area contributed by atoms with Crippen molar-refractivity contribution in [3.63, 3.8) is 0 Å². The quantitative estimate of drug-likeness (QED) is 0.265. The average molecular weight is 417 g/mol. The first kappa shape index (κ1) is 23.5. The van der Waals surface area contributed by atoms with Crippen LogP contribution in [0.15, 0.2) is 72.8 Å². The molecule has 1 aliphatic carbocycles. The van der Waals surface area contributed by atoms with Crippen molar-refractivity contribution < 1.29 is 4.74 Å². The van der Waals surface area contributed by atoms with Crippen molar-refractivity contribution in [2.24, 2.45) is 5.92 Å². The van der Waals surface area contributed by atoms with Crippen molar-refractivity contribution in [3.8, 4) is 0 Å². The first-order chi connectivity index (χ1) is 15.3. The molecule has 0 aromatic heterocycles. The van der Waals surface area contributed by atoms with Gasteiger partial charge in [0.25, 0.3) is 0 Å². The number of aryl methyl sites for hydroxylation is 1. The summed E-state index contributed by atoms with van der Waals surface area (Å²) < 4.78 is 5.66. The van der Waals surface area contributed by atoms with Crippen LogP contribution in [0.25, 0.3) is 0 Å². The predicted octanol–water partition coefficient (Wildman–Crippen LogP) is 8.19. The third-order valence-electron chi connectivity index (χ3n) is 6.64. The summed E-state index contributed by atoms with van der Waals surface area (Å²) in [7, 11) is 0. The molecule has 1 saturated carbocycles. The second-order valence-corrected chi connectivity index (χ2v) is 8.98. The van der Waals surface area contributed by atoms with Gasteiger partial charge in [-0.2, -0.15) is 0 Å². The fraction of sp³-hybridized carbons (Fsp3) is 0.467. The van der Waals surface area contributed by atoms with Gasteiger partial charge in [-0.15, -0.1) is 0 Å². The molecule has 1 nitrogen and oxygen atoms in total. The molecule has 0 N–H and O–H groups in total. The number of allylic oxidation sites excluding steroid dienone is 3. The Morgan fingerprint density at radius 2 is 1.48 bits per heavy atom. The molecule has 0 amide bonds. The van der Waals surface area contributed by atoms with E-state index >= 15 is 0 Å². The highest BCUT2D eigenvalue weighted by molar-refractivity contribution is 5.26. The van der Waals surface area contributed by atoms with E-state index in [1.54, 1.807) is 0 Å². The molecule has 0 saturated heterocycles. The second kappa shape index (κ2) is 13.3. The summed E-state index contributed by atoms with van der Waals surface area (Å²) in [6.45, 7) is 5.61. The smallest absolute Gasteiger partial charge is 0.0721 e. The Bertz CT molecular complexity index is 789. The van der Waals surface area contributed by atoms with Crippen LogP contribution >= 0.6 is 0 Å². The summed E-state index contributed by atoms with van der Waals surface area (Å²) in [5.41, 5.74) is 5.71. The summed E-state index contributed by atoms with van der Waals surface area (Å²) in [5, 5.41) is 0. The van der Waals surface area contributed by atoms with E-state index in [2.05, 4.69) is 67.6 Å². The molecule has 3 rings (SSSR count). The second-order valence-electron chi connectivity index (χ2n) is 8.98. The number of ether oxygens (including phenoxy) is 1. The van der Waals surface area contributed by atoms with E-state index < -0.39 is 0 Å². The third-order valence-corrected chi connectivity index (χ3v) is 6.64. The van der Waals surface area contributed by atoms with Crippen LogP contribution in [0.5, 0.6) is 0 Å². The van der Waals surface area contributed by atoms with Crippen LogP contribution in [0.3, 0.4) is 0 Å². The molecular weight excluding hydrogens is 376 g/mol. The lowest BCUT2D eigenvalue weighted by molar-refractivity contribution is 0.148. The van der Waals surface area contributed by atoms with E-state index in [1.165, 1.54) is 60.8 Å². The van der Waals surface area contributed by atoms with Gasteiger partial charge in [0.15, 0.2) is 0 Å². The van der Waals surface area contributed by atoms with Crippen LogP contribution in [0.1, 0.15) is 80.5 Å². The molecule has 0 heterocycles. The Morgan fingerprint density at radius 3 is 2.16 bits per heavy atom. The number of hydrogen-bond donors (Lipinski definition) is 0. The van der Waals surface area contributed by atoms with Gasteiger partial charge in [-0.1, -0.05) is 79.8 Å². The zero-order chi connectivity index (χ0) is 21.7. The average Bonchev–Trinajstić information content (AvgIpc) is 2.82. The molecule has 1 fully saturated rings. The molecule has 166 valence electrons. The topological polar surface area (TPSA) is 9.23 Å². The minimum absolute atomic E-state index is 0.697. The van der Waals surface area contributed by atoms with Crippen molar-refractivity contribution in [3.05, 3.63) is 95.1 Å². The van der Waals surface area contributed by atoms with Gasteiger partial charge in [0.05, 0.1) is 13.2 Å². The largest absolute Gasteiger partial charge is 0.373 e. The maximum absolute atomic E-state index is 5.66. The van der Waals surface area contributed by atoms with Crippen LogP contribution in [0.2, 0.25) is 0 Å². The minimum Gasteiger partial charge on any atom is -0.373 e. The van der Waals surface area contributed by atoms with E-state index in [9.17, 15) is 0 Å². The molecule has 0 aliphatic heterocycles. The molecule has 0 atom stereocenters. The van der Waals surface area contributed by atoms with Gasteiger partial charge in [0.2, 0.25) is 0 Å². The SMILES string of the molecule is C/C=C/COCc1ccc([C@H]2CC[C@H](CCc3ccc(C/C=C/CC)cc3)CC2)cc1. The maximum atomic E-state index is 5.66.